The minimum absolute atomic E-state index is 0.123. The predicted octanol–water partition coefficient (Wildman–Crippen LogP) is 4.48. The first-order valence-corrected chi connectivity index (χ1v) is 7.76. The molecule has 0 aliphatic rings. The van der Waals surface area contributed by atoms with Gasteiger partial charge in [0.1, 0.15) is 11.4 Å². The highest BCUT2D eigenvalue weighted by atomic mass is 32.1. The van der Waals surface area contributed by atoms with E-state index in [-0.39, 0.29) is 5.41 Å². The second-order valence-corrected chi connectivity index (χ2v) is 7.50. The second-order valence-electron chi connectivity index (χ2n) is 6.29. The van der Waals surface area contributed by atoms with Crippen LogP contribution >= 0.6 is 11.3 Å². The summed E-state index contributed by atoms with van der Waals surface area (Å²) in [5, 5.41) is 0. The molecular formula is C17H18N2OS. The standard InChI is InChI=1S/C17H18N2OS/c1-11-9-19-14(10-20)15(18-16(19)21-11)12-5-7-13(8-6-12)17(2,3)4/h5-10H,1-4H3. The van der Waals surface area contributed by atoms with E-state index in [4.69, 9.17) is 0 Å². The summed E-state index contributed by atoms with van der Waals surface area (Å²) in [6, 6.07) is 8.32. The number of fused-ring (bicyclic) bond motifs is 1. The molecule has 0 aliphatic heterocycles. The van der Waals surface area contributed by atoms with Crippen molar-refractivity contribution in [2.24, 2.45) is 0 Å². The van der Waals surface area contributed by atoms with Crippen LogP contribution in [-0.2, 0) is 5.41 Å². The van der Waals surface area contributed by atoms with Gasteiger partial charge >= 0.3 is 0 Å². The van der Waals surface area contributed by atoms with Gasteiger partial charge in [0.25, 0.3) is 0 Å². The molecule has 4 heteroatoms. The van der Waals surface area contributed by atoms with Crippen LogP contribution in [-0.4, -0.2) is 15.7 Å². The molecular weight excluding hydrogens is 280 g/mol. The number of aromatic nitrogens is 2. The third-order valence-corrected chi connectivity index (χ3v) is 4.51. The molecule has 21 heavy (non-hydrogen) atoms. The van der Waals surface area contributed by atoms with E-state index in [1.165, 1.54) is 5.56 Å². The Morgan fingerprint density at radius 2 is 1.86 bits per heavy atom. The summed E-state index contributed by atoms with van der Waals surface area (Å²) in [6.45, 7) is 8.59. The SMILES string of the molecule is Cc1cn2c(C=O)c(-c3ccc(C(C)(C)C)cc3)nc2s1. The minimum Gasteiger partial charge on any atom is -0.296 e. The number of nitrogens with zero attached hydrogens (tertiary/aromatic N) is 2. The molecule has 3 rings (SSSR count). The highest BCUT2D eigenvalue weighted by molar-refractivity contribution is 7.17. The summed E-state index contributed by atoms with van der Waals surface area (Å²) in [5.41, 5.74) is 3.77. The lowest BCUT2D eigenvalue weighted by Crippen LogP contribution is -2.10. The maximum Gasteiger partial charge on any atom is 0.195 e. The predicted molar refractivity (Wildman–Crippen MR) is 87.3 cm³/mol. The summed E-state index contributed by atoms with van der Waals surface area (Å²) >= 11 is 1.60. The molecule has 0 atom stereocenters. The van der Waals surface area contributed by atoms with E-state index in [1.54, 1.807) is 11.3 Å². The van der Waals surface area contributed by atoms with Crippen molar-refractivity contribution in [1.29, 1.82) is 0 Å². The number of hydrogen-bond acceptors (Lipinski definition) is 3. The van der Waals surface area contributed by atoms with Gasteiger partial charge in [-0.25, -0.2) is 4.98 Å². The molecule has 1 aromatic carbocycles. The van der Waals surface area contributed by atoms with Gasteiger partial charge in [0.2, 0.25) is 0 Å². The fraction of sp³-hybridized carbons (Fsp3) is 0.294. The van der Waals surface area contributed by atoms with Crippen LogP contribution in [0.25, 0.3) is 16.2 Å². The first-order chi connectivity index (χ1) is 9.90. The fourth-order valence-electron chi connectivity index (χ4n) is 2.43. The Hall–Kier alpha value is -1.94. The van der Waals surface area contributed by atoms with Gasteiger partial charge in [-0.3, -0.25) is 9.20 Å². The second kappa shape index (κ2) is 4.81. The number of aldehydes is 1. The van der Waals surface area contributed by atoms with Gasteiger partial charge in [0.05, 0.1) is 0 Å². The van der Waals surface area contributed by atoms with Crippen molar-refractivity contribution in [3.05, 3.63) is 46.6 Å². The first-order valence-electron chi connectivity index (χ1n) is 6.95. The Balaban J connectivity index is 2.11. The van der Waals surface area contributed by atoms with Crippen LogP contribution in [0.5, 0.6) is 0 Å². The van der Waals surface area contributed by atoms with Crippen molar-refractivity contribution in [3.8, 4) is 11.3 Å². The normalized spacial score (nSPS) is 12.0. The van der Waals surface area contributed by atoms with Crippen LogP contribution < -0.4 is 0 Å². The minimum atomic E-state index is 0.123. The van der Waals surface area contributed by atoms with Gasteiger partial charge in [-0.2, -0.15) is 0 Å². The van der Waals surface area contributed by atoms with Crippen LogP contribution in [0.3, 0.4) is 0 Å². The number of carbonyl (C=O) groups excluding carboxylic acids is 1. The maximum atomic E-state index is 11.5. The van der Waals surface area contributed by atoms with Crippen LogP contribution in [0, 0.1) is 6.92 Å². The Bertz CT molecular complexity index is 804. The Kier molecular flexibility index (Phi) is 3.21. The summed E-state index contributed by atoms with van der Waals surface area (Å²) in [4.78, 5) is 18.1. The average molecular weight is 298 g/mol. The zero-order valence-electron chi connectivity index (χ0n) is 12.7. The van der Waals surface area contributed by atoms with Gasteiger partial charge in [-0.05, 0) is 17.9 Å². The molecule has 0 saturated heterocycles. The molecule has 2 heterocycles. The molecule has 108 valence electrons. The van der Waals surface area contributed by atoms with E-state index < -0.39 is 0 Å². The highest BCUT2D eigenvalue weighted by Crippen LogP contribution is 2.29. The van der Waals surface area contributed by atoms with Crippen molar-refractivity contribution >= 4 is 22.6 Å². The summed E-state index contributed by atoms with van der Waals surface area (Å²) in [7, 11) is 0. The molecule has 0 N–H and O–H groups in total. The Morgan fingerprint density at radius 3 is 2.43 bits per heavy atom. The first kappa shape index (κ1) is 14.0. The Labute approximate surface area is 128 Å². The molecule has 2 aromatic heterocycles. The smallest absolute Gasteiger partial charge is 0.195 e. The van der Waals surface area contributed by atoms with Crippen molar-refractivity contribution in [1.82, 2.24) is 9.38 Å². The van der Waals surface area contributed by atoms with Gasteiger partial charge in [-0.1, -0.05) is 45.0 Å². The van der Waals surface area contributed by atoms with Crippen LogP contribution in [0.1, 0.15) is 41.7 Å². The lowest BCUT2D eigenvalue weighted by molar-refractivity contribution is 0.111. The molecule has 0 aliphatic carbocycles. The lowest BCUT2D eigenvalue weighted by Gasteiger charge is -2.18. The van der Waals surface area contributed by atoms with Crippen LogP contribution in [0.2, 0.25) is 0 Å². The highest BCUT2D eigenvalue weighted by Gasteiger charge is 2.17. The summed E-state index contributed by atoms with van der Waals surface area (Å²) < 4.78 is 1.88. The Morgan fingerprint density at radius 1 is 1.19 bits per heavy atom. The number of hydrogen-bond donors (Lipinski definition) is 0. The topological polar surface area (TPSA) is 34.4 Å². The molecule has 3 aromatic rings. The average Bonchev–Trinajstić information content (AvgIpc) is 2.93. The number of rotatable bonds is 2. The van der Waals surface area contributed by atoms with Crippen LogP contribution in [0.15, 0.2) is 30.5 Å². The van der Waals surface area contributed by atoms with Gasteiger partial charge < -0.3 is 0 Å². The van der Waals surface area contributed by atoms with Crippen molar-refractivity contribution in [2.45, 2.75) is 33.1 Å². The van der Waals surface area contributed by atoms with Crippen molar-refractivity contribution < 1.29 is 4.79 Å². The fourth-order valence-corrected chi connectivity index (χ4v) is 3.26. The molecule has 0 saturated carbocycles. The van der Waals surface area contributed by atoms with E-state index in [2.05, 4.69) is 37.9 Å². The zero-order chi connectivity index (χ0) is 15.2. The van der Waals surface area contributed by atoms with E-state index >= 15 is 0 Å². The lowest BCUT2D eigenvalue weighted by atomic mass is 9.86. The molecule has 0 bridgehead atoms. The van der Waals surface area contributed by atoms with E-state index in [1.807, 2.05) is 29.7 Å². The van der Waals surface area contributed by atoms with Gasteiger partial charge in [-0.15, -0.1) is 11.3 Å². The quantitative estimate of drug-likeness (QED) is 0.654. The monoisotopic (exact) mass is 298 g/mol. The molecule has 0 spiro atoms. The number of thiazole rings is 1. The molecule has 0 amide bonds. The third-order valence-electron chi connectivity index (χ3n) is 3.61. The number of aryl methyl sites for hydroxylation is 1. The molecule has 0 unspecified atom stereocenters. The largest absolute Gasteiger partial charge is 0.296 e. The molecule has 0 radical (unpaired) electrons. The van der Waals surface area contributed by atoms with E-state index in [0.717, 1.165) is 27.4 Å². The summed E-state index contributed by atoms with van der Waals surface area (Å²) in [6.07, 6.45) is 2.85. The number of carbonyl (C=O) groups is 1. The van der Waals surface area contributed by atoms with Crippen molar-refractivity contribution in [2.75, 3.05) is 0 Å². The number of benzene rings is 1. The van der Waals surface area contributed by atoms with E-state index in [0.29, 0.717) is 5.69 Å². The van der Waals surface area contributed by atoms with Gasteiger partial charge in [0.15, 0.2) is 11.2 Å². The third kappa shape index (κ3) is 2.40. The van der Waals surface area contributed by atoms with Crippen LogP contribution in [0.4, 0.5) is 0 Å². The maximum absolute atomic E-state index is 11.5. The van der Waals surface area contributed by atoms with Crippen molar-refractivity contribution in [3.63, 3.8) is 0 Å². The van der Waals surface area contributed by atoms with E-state index in [9.17, 15) is 4.79 Å². The molecule has 0 fully saturated rings. The van der Waals surface area contributed by atoms with Gasteiger partial charge in [0, 0.05) is 16.6 Å². The summed E-state index contributed by atoms with van der Waals surface area (Å²) in [5.74, 6) is 0. The zero-order valence-corrected chi connectivity index (χ0v) is 13.5. The molecule has 3 nitrogen and oxygen atoms in total. The number of imidazole rings is 1.